The Morgan fingerprint density at radius 3 is 3.00 bits per heavy atom. The smallest absolute Gasteiger partial charge is 0.280 e. The van der Waals surface area contributed by atoms with Gasteiger partial charge in [-0.15, -0.1) is 0 Å². The van der Waals surface area contributed by atoms with Crippen LogP contribution in [-0.2, 0) is 0 Å². The van der Waals surface area contributed by atoms with E-state index in [0.29, 0.717) is 17.6 Å². The van der Waals surface area contributed by atoms with Crippen molar-refractivity contribution < 1.29 is 10.2 Å². The van der Waals surface area contributed by atoms with E-state index in [4.69, 9.17) is 5.73 Å². The molecule has 2 aromatic rings. The van der Waals surface area contributed by atoms with Crippen LogP contribution in [0.4, 0.5) is 5.95 Å². The Hall–Kier alpha value is -2.19. The van der Waals surface area contributed by atoms with Crippen molar-refractivity contribution in [3.8, 4) is 0 Å². The Labute approximate surface area is 113 Å². The molecule has 106 valence electrons. The Balaban J connectivity index is 2.12. The van der Waals surface area contributed by atoms with E-state index in [1.165, 1.54) is 6.33 Å². The first-order valence-corrected chi connectivity index (χ1v) is 6.23. The van der Waals surface area contributed by atoms with Gasteiger partial charge in [-0.3, -0.25) is 9.78 Å². The number of imidazole rings is 1. The minimum absolute atomic E-state index is 0.00659. The standard InChI is InChI=1S/C12H15N5O3/c1-5-6(3-18)8(19)2-7(5)17-4-14-9-10(17)15-12(13)16-11(9)20/h4,6-8,18-19H,1-3H2,(H3,13,15,16,20)/t6-,7+,8-/m0/s1. The van der Waals surface area contributed by atoms with E-state index in [1.807, 2.05) is 0 Å². The monoisotopic (exact) mass is 277 g/mol. The van der Waals surface area contributed by atoms with Gasteiger partial charge >= 0.3 is 0 Å². The first-order chi connectivity index (χ1) is 9.52. The van der Waals surface area contributed by atoms with E-state index in [2.05, 4.69) is 21.5 Å². The van der Waals surface area contributed by atoms with Gasteiger partial charge in [0.25, 0.3) is 5.56 Å². The summed E-state index contributed by atoms with van der Waals surface area (Å²) >= 11 is 0. The van der Waals surface area contributed by atoms with Gasteiger partial charge in [-0.25, -0.2) is 4.98 Å². The molecule has 3 atom stereocenters. The highest BCUT2D eigenvalue weighted by Gasteiger charge is 2.37. The molecule has 0 radical (unpaired) electrons. The second-order valence-corrected chi connectivity index (χ2v) is 4.96. The van der Waals surface area contributed by atoms with Crippen LogP contribution >= 0.6 is 0 Å². The highest BCUT2D eigenvalue weighted by atomic mass is 16.3. The summed E-state index contributed by atoms with van der Waals surface area (Å²) in [6, 6.07) is -0.263. The number of nitrogen functional groups attached to an aromatic ring is 1. The molecule has 2 aromatic heterocycles. The molecule has 2 heterocycles. The van der Waals surface area contributed by atoms with Crippen LogP contribution in [0.1, 0.15) is 12.5 Å². The minimum atomic E-state index is -0.672. The quantitative estimate of drug-likeness (QED) is 0.530. The van der Waals surface area contributed by atoms with E-state index >= 15 is 0 Å². The lowest BCUT2D eigenvalue weighted by atomic mass is 10.0. The lowest BCUT2D eigenvalue weighted by Gasteiger charge is -2.15. The second kappa shape index (κ2) is 4.43. The van der Waals surface area contributed by atoms with E-state index in [0.717, 1.165) is 0 Å². The summed E-state index contributed by atoms with van der Waals surface area (Å²) in [6.07, 6.45) is 1.20. The number of fused-ring (bicyclic) bond motifs is 1. The van der Waals surface area contributed by atoms with Gasteiger partial charge in [0.1, 0.15) is 0 Å². The van der Waals surface area contributed by atoms with Gasteiger partial charge < -0.3 is 20.5 Å². The van der Waals surface area contributed by atoms with Crippen molar-refractivity contribution in [2.45, 2.75) is 18.6 Å². The summed E-state index contributed by atoms with van der Waals surface area (Å²) in [4.78, 5) is 22.2. The van der Waals surface area contributed by atoms with Crippen LogP contribution in [0.15, 0.2) is 23.3 Å². The molecule has 0 saturated heterocycles. The molecule has 1 aliphatic rings. The first kappa shape index (κ1) is 12.8. The van der Waals surface area contributed by atoms with E-state index < -0.39 is 11.7 Å². The molecular weight excluding hydrogens is 262 g/mol. The van der Waals surface area contributed by atoms with Crippen molar-refractivity contribution in [3.05, 3.63) is 28.8 Å². The number of aliphatic hydroxyl groups is 2. The molecule has 3 rings (SSSR count). The average Bonchev–Trinajstić information content (AvgIpc) is 2.91. The first-order valence-electron chi connectivity index (χ1n) is 6.23. The van der Waals surface area contributed by atoms with Crippen LogP contribution in [0, 0.1) is 5.92 Å². The number of nitrogens with two attached hydrogens (primary N) is 1. The molecular formula is C12H15N5O3. The molecule has 0 unspecified atom stereocenters. The third kappa shape index (κ3) is 1.73. The van der Waals surface area contributed by atoms with Crippen LogP contribution in [0.25, 0.3) is 11.2 Å². The molecule has 0 bridgehead atoms. The Bertz CT molecular complexity index is 734. The van der Waals surface area contributed by atoms with Gasteiger partial charge in [0.15, 0.2) is 11.2 Å². The highest BCUT2D eigenvalue weighted by Crippen LogP contribution is 2.39. The second-order valence-electron chi connectivity index (χ2n) is 4.96. The van der Waals surface area contributed by atoms with Crippen molar-refractivity contribution in [3.63, 3.8) is 0 Å². The summed E-state index contributed by atoms with van der Waals surface area (Å²) in [5.74, 6) is -0.371. The van der Waals surface area contributed by atoms with Crippen molar-refractivity contribution in [1.82, 2.24) is 19.5 Å². The zero-order chi connectivity index (χ0) is 14.4. The van der Waals surface area contributed by atoms with Gasteiger partial charge in [-0.1, -0.05) is 6.58 Å². The number of H-pyrrole nitrogens is 1. The number of hydrogen-bond acceptors (Lipinski definition) is 6. The predicted molar refractivity (Wildman–Crippen MR) is 71.9 cm³/mol. The number of nitrogens with one attached hydrogen (secondary N) is 1. The van der Waals surface area contributed by atoms with Crippen LogP contribution < -0.4 is 11.3 Å². The maximum atomic E-state index is 11.7. The zero-order valence-corrected chi connectivity index (χ0v) is 10.7. The Kier molecular flexibility index (Phi) is 2.84. The molecule has 1 saturated carbocycles. The van der Waals surface area contributed by atoms with Gasteiger partial charge in [0, 0.05) is 5.92 Å². The van der Waals surface area contributed by atoms with E-state index in [9.17, 15) is 15.0 Å². The molecule has 0 aliphatic heterocycles. The number of anilines is 1. The van der Waals surface area contributed by atoms with Crippen molar-refractivity contribution >= 4 is 17.1 Å². The maximum Gasteiger partial charge on any atom is 0.280 e. The van der Waals surface area contributed by atoms with Crippen molar-refractivity contribution in [1.29, 1.82) is 0 Å². The number of rotatable bonds is 2. The molecule has 1 fully saturated rings. The van der Waals surface area contributed by atoms with Crippen LogP contribution in [0.2, 0.25) is 0 Å². The Morgan fingerprint density at radius 1 is 1.60 bits per heavy atom. The summed E-state index contributed by atoms with van der Waals surface area (Å²) in [5, 5.41) is 19.2. The molecule has 0 amide bonds. The van der Waals surface area contributed by atoms with Crippen molar-refractivity contribution in [2.24, 2.45) is 5.92 Å². The van der Waals surface area contributed by atoms with Gasteiger partial charge in [-0.05, 0) is 12.0 Å². The van der Waals surface area contributed by atoms with E-state index in [-0.39, 0.29) is 30.0 Å². The fourth-order valence-electron chi connectivity index (χ4n) is 2.74. The largest absolute Gasteiger partial charge is 0.396 e. The minimum Gasteiger partial charge on any atom is -0.396 e. The Morgan fingerprint density at radius 2 is 2.35 bits per heavy atom. The van der Waals surface area contributed by atoms with Gasteiger partial charge in [0.2, 0.25) is 5.95 Å². The lowest BCUT2D eigenvalue weighted by molar-refractivity contribution is 0.101. The summed E-state index contributed by atoms with van der Waals surface area (Å²) in [7, 11) is 0. The number of hydrogen-bond donors (Lipinski definition) is 4. The third-order valence-electron chi connectivity index (χ3n) is 3.82. The fraction of sp³-hybridized carbons (Fsp3) is 0.417. The summed E-state index contributed by atoms with van der Waals surface area (Å²) in [5.41, 5.74) is 6.37. The van der Waals surface area contributed by atoms with Crippen LogP contribution in [-0.4, -0.2) is 42.4 Å². The molecule has 0 spiro atoms. The number of aromatic nitrogens is 4. The predicted octanol–water partition coefficient (Wildman–Crippen LogP) is -0.828. The normalized spacial score (nSPS) is 26.5. The lowest BCUT2D eigenvalue weighted by Crippen LogP contribution is -2.17. The van der Waals surface area contributed by atoms with Gasteiger partial charge in [-0.2, -0.15) is 4.98 Å². The SMILES string of the molecule is C=C1[C@H](n2cnc3c(=O)[nH]c(N)nc32)C[C@H](O)[C@H]1CO. The molecule has 0 aromatic carbocycles. The van der Waals surface area contributed by atoms with Gasteiger partial charge in [0.05, 0.1) is 25.1 Å². The highest BCUT2D eigenvalue weighted by molar-refractivity contribution is 5.70. The van der Waals surface area contributed by atoms with Crippen molar-refractivity contribution in [2.75, 3.05) is 12.3 Å². The summed E-state index contributed by atoms with van der Waals surface area (Å²) in [6.45, 7) is 3.76. The number of aromatic amines is 1. The maximum absolute atomic E-state index is 11.7. The molecule has 20 heavy (non-hydrogen) atoms. The third-order valence-corrected chi connectivity index (χ3v) is 3.82. The molecule has 8 heteroatoms. The number of nitrogens with zero attached hydrogens (tertiary/aromatic N) is 3. The fourth-order valence-corrected chi connectivity index (χ4v) is 2.74. The van der Waals surface area contributed by atoms with Crippen LogP contribution in [0.5, 0.6) is 0 Å². The molecule has 1 aliphatic carbocycles. The zero-order valence-electron chi connectivity index (χ0n) is 10.7. The molecule has 5 N–H and O–H groups in total. The molecule has 8 nitrogen and oxygen atoms in total. The topological polar surface area (TPSA) is 130 Å². The summed E-state index contributed by atoms with van der Waals surface area (Å²) < 4.78 is 1.67. The number of aliphatic hydroxyl groups excluding tert-OH is 2. The van der Waals surface area contributed by atoms with E-state index in [1.54, 1.807) is 4.57 Å². The van der Waals surface area contributed by atoms with Crippen LogP contribution in [0.3, 0.4) is 0 Å². The average molecular weight is 277 g/mol.